The molecule has 0 heterocycles. The zero-order valence-corrected chi connectivity index (χ0v) is 8.79. The van der Waals surface area contributed by atoms with Gasteiger partial charge in [-0.2, -0.15) is 0 Å². The van der Waals surface area contributed by atoms with Gasteiger partial charge >= 0.3 is 0 Å². The third-order valence-corrected chi connectivity index (χ3v) is 1.98. The molecule has 0 N–H and O–H groups in total. The lowest BCUT2D eigenvalue weighted by molar-refractivity contribution is -0.130. The highest BCUT2D eigenvalue weighted by molar-refractivity contribution is 5.88. The van der Waals surface area contributed by atoms with E-state index in [1.54, 1.807) is 14.0 Å². The molecule has 13 heavy (non-hydrogen) atoms. The van der Waals surface area contributed by atoms with Crippen molar-refractivity contribution in [3.63, 3.8) is 0 Å². The molecule has 0 spiro atoms. The summed E-state index contributed by atoms with van der Waals surface area (Å²) < 4.78 is 4.87. The zero-order chi connectivity index (χ0) is 10.4. The van der Waals surface area contributed by atoms with Gasteiger partial charge in [0.05, 0.1) is 6.61 Å². The molecule has 0 aliphatic rings. The minimum Gasteiger partial charge on any atom is -0.384 e. The van der Waals surface area contributed by atoms with Crippen molar-refractivity contribution in [2.75, 3.05) is 13.7 Å². The first-order valence-corrected chi connectivity index (χ1v) is 4.51. The molecule has 0 aromatic heterocycles. The topological polar surface area (TPSA) is 43.4 Å². The summed E-state index contributed by atoms with van der Waals surface area (Å²) in [6.45, 7) is 5.55. The maximum Gasteiger partial charge on any atom is 0.141 e. The second-order valence-corrected chi connectivity index (χ2v) is 3.57. The van der Waals surface area contributed by atoms with Crippen LogP contribution in [0.1, 0.15) is 27.2 Å². The number of hydrogen-bond donors (Lipinski definition) is 0. The summed E-state index contributed by atoms with van der Waals surface area (Å²) in [5.41, 5.74) is 0. The van der Waals surface area contributed by atoms with E-state index in [0.29, 0.717) is 13.0 Å². The molecule has 3 nitrogen and oxygen atoms in total. The van der Waals surface area contributed by atoms with Crippen LogP contribution in [0.4, 0.5) is 0 Å². The largest absolute Gasteiger partial charge is 0.384 e. The normalized spacial score (nSPS) is 15.1. The Morgan fingerprint density at radius 1 is 1.23 bits per heavy atom. The predicted octanol–water partition coefficient (Wildman–Crippen LogP) is 1.45. The van der Waals surface area contributed by atoms with Gasteiger partial charge in [0.15, 0.2) is 0 Å². The molecule has 0 radical (unpaired) electrons. The van der Waals surface area contributed by atoms with E-state index in [9.17, 15) is 9.59 Å². The van der Waals surface area contributed by atoms with E-state index in [-0.39, 0.29) is 23.4 Å². The summed E-state index contributed by atoms with van der Waals surface area (Å²) in [5, 5.41) is 0. The number of methoxy groups -OCH3 is 1. The Morgan fingerprint density at radius 3 is 2.15 bits per heavy atom. The van der Waals surface area contributed by atoms with Crippen LogP contribution in [0.3, 0.4) is 0 Å². The molecule has 0 saturated heterocycles. The average Bonchev–Trinajstić information content (AvgIpc) is 2.02. The lowest BCUT2D eigenvalue weighted by atomic mass is 9.92. The van der Waals surface area contributed by atoms with Crippen LogP contribution in [0.5, 0.6) is 0 Å². The van der Waals surface area contributed by atoms with Gasteiger partial charge < -0.3 is 9.53 Å². The molecule has 76 valence electrons. The summed E-state index contributed by atoms with van der Waals surface area (Å²) in [6, 6.07) is 0. The lowest BCUT2D eigenvalue weighted by Crippen LogP contribution is -2.24. The van der Waals surface area contributed by atoms with Crippen molar-refractivity contribution in [2.45, 2.75) is 27.2 Å². The minimum atomic E-state index is -0.178. The van der Waals surface area contributed by atoms with Crippen LogP contribution in [0.15, 0.2) is 0 Å². The van der Waals surface area contributed by atoms with Crippen molar-refractivity contribution < 1.29 is 14.3 Å². The van der Waals surface area contributed by atoms with Gasteiger partial charge in [-0.15, -0.1) is 0 Å². The van der Waals surface area contributed by atoms with Crippen molar-refractivity contribution in [1.29, 1.82) is 0 Å². The summed E-state index contributed by atoms with van der Waals surface area (Å²) in [4.78, 5) is 22.3. The summed E-state index contributed by atoms with van der Waals surface area (Å²) >= 11 is 0. The first-order chi connectivity index (χ1) is 5.99. The molecule has 0 aromatic rings. The second kappa shape index (κ2) is 5.86. The van der Waals surface area contributed by atoms with Crippen molar-refractivity contribution in [3.8, 4) is 0 Å². The lowest BCUT2D eigenvalue weighted by Gasteiger charge is -2.13. The van der Waals surface area contributed by atoms with E-state index in [1.165, 1.54) is 6.92 Å². The Bertz CT molecular complexity index is 187. The molecule has 3 heteroatoms. The molecule has 0 amide bonds. The monoisotopic (exact) mass is 186 g/mol. The minimum absolute atomic E-state index is 0.0606. The summed E-state index contributed by atoms with van der Waals surface area (Å²) in [5.74, 6) is -0.121. The van der Waals surface area contributed by atoms with Gasteiger partial charge in [-0.25, -0.2) is 0 Å². The van der Waals surface area contributed by atoms with Gasteiger partial charge in [-0.1, -0.05) is 13.8 Å². The Balaban J connectivity index is 4.01. The number of Topliss-reactive ketones (excluding diaryl/α,β-unsaturated/α-hetero) is 2. The van der Waals surface area contributed by atoms with Gasteiger partial charge in [-0.3, -0.25) is 4.79 Å². The number of hydrogen-bond acceptors (Lipinski definition) is 3. The molecular formula is C10H18O3. The molecule has 0 aromatic carbocycles. The van der Waals surface area contributed by atoms with Crippen LogP contribution in [0.2, 0.25) is 0 Å². The summed E-state index contributed by atoms with van der Waals surface area (Å²) in [7, 11) is 1.57. The van der Waals surface area contributed by atoms with E-state index in [2.05, 4.69) is 0 Å². The van der Waals surface area contributed by atoms with Gasteiger partial charge in [0.25, 0.3) is 0 Å². The van der Waals surface area contributed by atoms with Gasteiger partial charge in [-0.05, 0) is 6.92 Å². The molecular weight excluding hydrogens is 168 g/mol. The number of carbonyl (C=O) groups excluding carboxylic acids is 2. The predicted molar refractivity (Wildman–Crippen MR) is 50.5 cm³/mol. The van der Waals surface area contributed by atoms with Crippen LogP contribution >= 0.6 is 0 Å². The number of ketones is 2. The smallest absolute Gasteiger partial charge is 0.141 e. The average molecular weight is 186 g/mol. The molecule has 0 fully saturated rings. The second-order valence-electron chi connectivity index (χ2n) is 3.57. The van der Waals surface area contributed by atoms with Crippen LogP contribution in [-0.2, 0) is 14.3 Å². The van der Waals surface area contributed by atoms with Crippen LogP contribution in [0.25, 0.3) is 0 Å². The van der Waals surface area contributed by atoms with Crippen molar-refractivity contribution >= 4 is 11.6 Å². The van der Waals surface area contributed by atoms with E-state index in [1.807, 2.05) is 6.92 Å². The Morgan fingerprint density at radius 2 is 1.77 bits per heavy atom. The third-order valence-electron chi connectivity index (χ3n) is 1.98. The van der Waals surface area contributed by atoms with E-state index < -0.39 is 0 Å². The highest BCUT2D eigenvalue weighted by atomic mass is 16.5. The number of rotatable bonds is 6. The molecule has 2 atom stereocenters. The molecule has 2 unspecified atom stereocenters. The van der Waals surface area contributed by atoms with Crippen molar-refractivity contribution in [2.24, 2.45) is 11.8 Å². The SMILES string of the molecule is COCC(C)C(=O)C(C)CC(C)=O. The highest BCUT2D eigenvalue weighted by Gasteiger charge is 2.20. The number of ether oxygens (including phenoxy) is 1. The van der Waals surface area contributed by atoms with Crippen molar-refractivity contribution in [1.82, 2.24) is 0 Å². The van der Waals surface area contributed by atoms with Gasteiger partial charge in [0.2, 0.25) is 0 Å². The quantitative estimate of drug-likeness (QED) is 0.630. The molecule has 0 aliphatic carbocycles. The zero-order valence-electron chi connectivity index (χ0n) is 8.79. The third kappa shape index (κ3) is 4.78. The Kier molecular flexibility index (Phi) is 5.55. The fraction of sp³-hybridized carbons (Fsp3) is 0.800. The maximum absolute atomic E-state index is 11.5. The van der Waals surface area contributed by atoms with E-state index in [4.69, 9.17) is 4.74 Å². The van der Waals surface area contributed by atoms with Gasteiger partial charge in [0, 0.05) is 25.4 Å². The molecule has 0 saturated carbocycles. The number of carbonyl (C=O) groups is 2. The van der Waals surface area contributed by atoms with E-state index in [0.717, 1.165) is 0 Å². The van der Waals surface area contributed by atoms with Gasteiger partial charge in [0.1, 0.15) is 11.6 Å². The maximum atomic E-state index is 11.5. The molecule has 0 rings (SSSR count). The van der Waals surface area contributed by atoms with E-state index >= 15 is 0 Å². The fourth-order valence-corrected chi connectivity index (χ4v) is 1.35. The highest BCUT2D eigenvalue weighted by Crippen LogP contribution is 2.11. The first-order valence-electron chi connectivity index (χ1n) is 4.51. The first kappa shape index (κ1) is 12.3. The molecule has 0 aliphatic heterocycles. The van der Waals surface area contributed by atoms with Crippen LogP contribution in [-0.4, -0.2) is 25.3 Å². The van der Waals surface area contributed by atoms with Crippen molar-refractivity contribution in [3.05, 3.63) is 0 Å². The van der Waals surface area contributed by atoms with Crippen LogP contribution < -0.4 is 0 Å². The fourth-order valence-electron chi connectivity index (χ4n) is 1.35. The standard InChI is InChI=1S/C10H18O3/c1-7(5-9(3)11)10(12)8(2)6-13-4/h7-8H,5-6H2,1-4H3. The molecule has 0 bridgehead atoms. The Hall–Kier alpha value is -0.700. The van der Waals surface area contributed by atoms with Crippen LogP contribution in [0, 0.1) is 11.8 Å². The summed E-state index contributed by atoms with van der Waals surface area (Å²) in [6.07, 6.45) is 0.340. The Labute approximate surface area is 79.5 Å².